The van der Waals surface area contributed by atoms with Crippen LogP contribution in [0.15, 0.2) is 6.33 Å². The van der Waals surface area contributed by atoms with Crippen molar-refractivity contribution in [1.29, 1.82) is 0 Å². The Bertz CT molecular complexity index is 785. The molecule has 2 aliphatic rings. The Morgan fingerprint density at radius 1 is 0.923 bits per heavy atom. The Balaban J connectivity index is 0.000000286. The van der Waals surface area contributed by atoms with Crippen molar-refractivity contribution in [1.82, 2.24) is 9.97 Å². The third kappa shape index (κ3) is 4.12. The van der Waals surface area contributed by atoms with E-state index in [2.05, 4.69) is 14.9 Å². The molecule has 0 amide bonds. The molecule has 7 nitrogen and oxygen atoms in total. The van der Waals surface area contributed by atoms with E-state index in [4.69, 9.17) is 19.8 Å². The van der Waals surface area contributed by atoms with E-state index in [0.29, 0.717) is 0 Å². The van der Waals surface area contributed by atoms with Crippen LogP contribution in [0.5, 0.6) is 0 Å². The van der Waals surface area contributed by atoms with Gasteiger partial charge < -0.3 is 15.1 Å². The number of carboxylic acids is 2. The monoisotopic (exact) mass is 377 g/mol. The molecule has 0 bridgehead atoms. The third-order valence-electron chi connectivity index (χ3n) is 4.82. The van der Waals surface area contributed by atoms with Crippen LogP contribution in [-0.2, 0) is 22.4 Å². The van der Waals surface area contributed by atoms with E-state index in [1.165, 1.54) is 67.4 Å². The van der Waals surface area contributed by atoms with Gasteiger partial charge in [-0.2, -0.15) is 0 Å². The van der Waals surface area contributed by atoms with Crippen LogP contribution in [0, 0.1) is 0 Å². The Morgan fingerprint density at radius 2 is 1.58 bits per heavy atom. The van der Waals surface area contributed by atoms with Crippen molar-refractivity contribution >= 4 is 39.3 Å². The van der Waals surface area contributed by atoms with Gasteiger partial charge in [0.1, 0.15) is 17.0 Å². The maximum absolute atomic E-state index is 9.10. The maximum Gasteiger partial charge on any atom is 0.414 e. The lowest BCUT2D eigenvalue weighted by Crippen LogP contribution is -2.25. The molecule has 2 aromatic heterocycles. The molecule has 0 unspecified atom stereocenters. The summed E-state index contributed by atoms with van der Waals surface area (Å²) in [7, 11) is 0. The highest BCUT2D eigenvalue weighted by Crippen LogP contribution is 2.39. The largest absolute Gasteiger partial charge is 0.473 e. The van der Waals surface area contributed by atoms with Gasteiger partial charge in [-0.3, -0.25) is 0 Å². The van der Waals surface area contributed by atoms with Crippen molar-refractivity contribution in [2.45, 2.75) is 51.4 Å². The normalized spacial score (nSPS) is 17.0. The number of carbonyl (C=O) groups is 2. The molecule has 0 spiro atoms. The number of aromatic nitrogens is 2. The molecular formula is C18H23N3O4S. The molecule has 1 saturated heterocycles. The summed E-state index contributed by atoms with van der Waals surface area (Å²) in [5.74, 6) is -2.43. The van der Waals surface area contributed by atoms with Crippen LogP contribution in [0.2, 0.25) is 0 Å². The number of anilines is 1. The minimum atomic E-state index is -1.82. The summed E-state index contributed by atoms with van der Waals surface area (Å²) < 4.78 is 0. The van der Waals surface area contributed by atoms with Crippen molar-refractivity contribution in [3.05, 3.63) is 16.8 Å². The quantitative estimate of drug-likeness (QED) is 0.736. The Kier molecular flexibility index (Phi) is 6.03. The first-order valence-corrected chi connectivity index (χ1v) is 9.86. The molecule has 26 heavy (non-hydrogen) atoms. The molecule has 0 saturated carbocycles. The van der Waals surface area contributed by atoms with Crippen LogP contribution in [-0.4, -0.2) is 45.2 Å². The van der Waals surface area contributed by atoms with Crippen LogP contribution in [0.25, 0.3) is 10.2 Å². The Labute approximate surface area is 155 Å². The van der Waals surface area contributed by atoms with Crippen molar-refractivity contribution in [2.24, 2.45) is 0 Å². The molecule has 0 radical (unpaired) electrons. The zero-order chi connectivity index (χ0) is 18.5. The first-order valence-electron chi connectivity index (χ1n) is 9.04. The first kappa shape index (κ1) is 18.6. The van der Waals surface area contributed by atoms with Gasteiger partial charge in [0.05, 0.1) is 5.39 Å². The fraction of sp³-hybridized carbons (Fsp3) is 0.556. The summed E-state index contributed by atoms with van der Waals surface area (Å²) in [5, 5.41) is 16.2. The van der Waals surface area contributed by atoms with Crippen LogP contribution in [0.3, 0.4) is 0 Å². The van der Waals surface area contributed by atoms with Gasteiger partial charge in [0, 0.05) is 18.0 Å². The number of nitrogens with zero attached hydrogens (tertiary/aromatic N) is 3. The highest BCUT2D eigenvalue weighted by molar-refractivity contribution is 7.19. The molecular weight excluding hydrogens is 354 g/mol. The number of hydrogen-bond acceptors (Lipinski definition) is 6. The maximum atomic E-state index is 9.10. The minimum absolute atomic E-state index is 1.16. The van der Waals surface area contributed by atoms with E-state index in [1.54, 1.807) is 16.8 Å². The molecule has 3 heterocycles. The van der Waals surface area contributed by atoms with E-state index in [9.17, 15) is 0 Å². The highest BCUT2D eigenvalue weighted by Gasteiger charge is 2.22. The number of rotatable bonds is 1. The van der Waals surface area contributed by atoms with Gasteiger partial charge in [0.2, 0.25) is 0 Å². The summed E-state index contributed by atoms with van der Waals surface area (Å²) in [6.07, 6.45) is 12.2. The number of hydrogen-bond donors (Lipinski definition) is 2. The lowest BCUT2D eigenvalue weighted by atomic mass is 9.97. The summed E-state index contributed by atoms with van der Waals surface area (Å²) in [4.78, 5) is 32.7. The van der Waals surface area contributed by atoms with Gasteiger partial charge in [-0.15, -0.1) is 11.3 Å². The Hall–Kier alpha value is -2.22. The predicted molar refractivity (Wildman–Crippen MR) is 100 cm³/mol. The third-order valence-corrected chi connectivity index (χ3v) is 6.02. The SMILES string of the molecule is O=C(O)C(=O)O.c1nc(N2CCCCCC2)c2c3c(sc2n1)CCCC3. The van der Waals surface area contributed by atoms with Gasteiger partial charge in [-0.1, -0.05) is 12.8 Å². The molecule has 0 atom stereocenters. The predicted octanol–water partition coefficient (Wildman–Crippen LogP) is 3.11. The molecule has 2 aromatic rings. The molecule has 1 aliphatic heterocycles. The minimum Gasteiger partial charge on any atom is -0.473 e. The number of thiophene rings is 1. The fourth-order valence-corrected chi connectivity index (χ4v) is 4.82. The molecule has 1 aliphatic carbocycles. The molecule has 4 rings (SSSR count). The average molecular weight is 377 g/mol. The molecule has 8 heteroatoms. The van der Waals surface area contributed by atoms with Gasteiger partial charge in [-0.05, 0) is 44.1 Å². The summed E-state index contributed by atoms with van der Waals surface area (Å²) in [6, 6.07) is 0. The lowest BCUT2D eigenvalue weighted by Gasteiger charge is -2.23. The second-order valence-corrected chi connectivity index (χ2v) is 7.68. The molecule has 1 fully saturated rings. The van der Waals surface area contributed by atoms with E-state index < -0.39 is 11.9 Å². The van der Waals surface area contributed by atoms with Gasteiger partial charge in [0.25, 0.3) is 0 Å². The van der Waals surface area contributed by atoms with E-state index >= 15 is 0 Å². The highest BCUT2D eigenvalue weighted by atomic mass is 32.1. The van der Waals surface area contributed by atoms with Crippen LogP contribution in [0.4, 0.5) is 5.82 Å². The number of fused-ring (bicyclic) bond motifs is 3. The van der Waals surface area contributed by atoms with Gasteiger partial charge in [0.15, 0.2) is 0 Å². The smallest absolute Gasteiger partial charge is 0.414 e. The zero-order valence-electron chi connectivity index (χ0n) is 14.6. The van der Waals surface area contributed by atoms with Crippen LogP contribution >= 0.6 is 11.3 Å². The van der Waals surface area contributed by atoms with Crippen molar-refractivity contribution < 1.29 is 19.8 Å². The summed E-state index contributed by atoms with van der Waals surface area (Å²) in [5.41, 5.74) is 1.57. The summed E-state index contributed by atoms with van der Waals surface area (Å²) in [6.45, 7) is 2.33. The van der Waals surface area contributed by atoms with E-state index in [0.717, 1.165) is 13.1 Å². The lowest BCUT2D eigenvalue weighted by molar-refractivity contribution is -0.159. The van der Waals surface area contributed by atoms with E-state index in [1.807, 2.05) is 11.3 Å². The molecule has 0 aromatic carbocycles. The van der Waals surface area contributed by atoms with Crippen LogP contribution < -0.4 is 4.90 Å². The standard InChI is InChI=1S/C16H21N3S.C2H2O4/c1-2-6-10-19(9-5-1)15-14-12-7-3-4-8-13(12)20-16(14)18-11-17-15;3-1(4)2(5)6/h11H,1-10H2;(H,3,4)(H,5,6). The van der Waals surface area contributed by atoms with Crippen molar-refractivity contribution in [2.75, 3.05) is 18.0 Å². The van der Waals surface area contributed by atoms with Gasteiger partial charge >= 0.3 is 11.9 Å². The number of aryl methyl sites for hydroxylation is 2. The summed E-state index contributed by atoms with van der Waals surface area (Å²) >= 11 is 1.91. The van der Waals surface area contributed by atoms with E-state index in [-0.39, 0.29) is 0 Å². The molecule has 140 valence electrons. The first-order chi connectivity index (χ1) is 12.6. The average Bonchev–Trinajstić information content (AvgIpc) is 2.81. The molecule has 2 N–H and O–H groups in total. The Morgan fingerprint density at radius 3 is 2.23 bits per heavy atom. The second-order valence-electron chi connectivity index (χ2n) is 6.60. The zero-order valence-corrected chi connectivity index (χ0v) is 15.4. The second kappa shape index (κ2) is 8.44. The van der Waals surface area contributed by atoms with Gasteiger partial charge in [-0.25, -0.2) is 19.6 Å². The van der Waals surface area contributed by atoms with Crippen molar-refractivity contribution in [3.63, 3.8) is 0 Å². The number of aliphatic carboxylic acids is 2. The van der Waals surface area contributed by atoms with Crippen molar-refractivity contribution in [3.8, 4) is 0 Å². The fourth-order valence-electron chi connectivity index (χ4n) is 3.60. The van der Waals surface area contributed by atoms with Crippen LogP contribution in [0.1, 0.15) is 49.0 Å². The topological polar surface area (TPSA) is 104 Å². The number of carboxylic acid groups (broad SMARTS) is 2.